The first-order chi connectivity index (χ1) is 12.3. The topological polar surface area (TPSA) is 110 Å². The van der Waals surface area contributed by atoms with Gasteiger partial charge in [-0.1, -0.05) is 13.8 Å². The number of carbonyl (C=O) groups excluding carboxylic acids is 1. The van der Waals surface area contributed by atoms with Gasteiger partial charge in [0.15, 0.2) is 5.69 Å². The third-order valence-electron chi connectivity index (χ3n) is 3.75. The van der Waals surface area contributed by atoms with Crippen molar-refractivity contribution in [1.29, 1.82) is 0 Å². The lowest BCUT2D eigenvalue weighted by Gasteiger charge is -2.24. The zero-order valence-corrected chi connectivity index (χ0v) is 16.2. The molecule has 142 valence electrons. The van der Waals surface area contributed by atoms with E-state index in [1.807, 2.05) is 26.8 Å². The average molecular weight is 380 g/mol. The number of amides is 1. The van der Waals surface area contributed by atoms with Gasteiger partial charge in [0.25, 0.3) is 11.5 Å². The SMILES string of the molecule is COCCN(C(=O)c1ccc(C)s1)c1c(N)n(CC(C)C)c(=O)[nH]c1=O. The minimum atomic E-state index is -0.690. The molecule has 2 heterocycles. The van der Waals surface area contributed by atoms with Gasteiger partial charge < -0.3 is 10.5 Å². The van der Waals surface area contributed by atoms with Crippen LogP contribution < -0.4 is 21.9 Å². The first kappa shape index (κ1) is 19.9. The van der Waals surface area contributed by atoms with Crippen molar-refractivity contribution < 1.29 is 9.53 Å². The van der Waals surface area contributed by atoms with Gasteiger partial charge in [-0.15, -0.1) is 11.3 Å². The summed E-state index contributed by atoms with van der Waals surface area (Å²) in [4.78, 5) is 42.6. The Hall–Kier alpha value is -2.39. The number of anilines is 2. The Kier molecular flexibility index (Phi) is 6.38. The number of nitrogens with two attached hydrogens (primary N) is 1. The number of nitrogens with one attached hydrogen (secondary N) is 1. The molecule has 0 saturated carbocycles. The molecule has 0 fully saturated rings. The van der Waals surface area contributed by atoms with E-state index < -0.39 is 11.2 Å². The quantitative estimate of drug-likeness (QED) is 0.755. The highest BCUT2D eigenvalue weighted by molar-refractivity contribution is 7.14. The van der Waals surface area contributed by atoms with Crippen LogP contribution in [0.1, 0.15) is 28.4 Å². The van der Waals surface area contributed by atoms with Gasteiger partial charge in [0, 0.05) is 25.1 Å². The molecule has 0 aliphatic carbocycles. The lowest BCUT2D eigenvalue weighted by atomic mass is 10.2. The predicted molar refractivity (Wildman–Crippen MR) is 103 cm³/mol. The molecule has 2 rings (SSSR count). The number of ether oxygens (including phenoxy) is 1. The zero-order valence-electron chi connectivity index (χ0n) is 15.4. The number of nitrogens with zero attached hydrogens (tertiary/aromatic N) is 2. The van der Waals surface area contributed by atoms with Crippen LogP contribution in [0.2, 0.25) is 0 Å². The normalized spacial score (nSPS) is 11.1. The molecule has 0 radical (unpaired) electrons. The second kappa shape index (κ2) is 8.33. The standard InChI is InChI=1S/C17H24N4O4S/c1-10(2)9-21-14(18)13(15(22)19-17(21)24)20(7-8-25-4)16(23)12-6-5-11(3)26-12/h5-6,10H,7-9,18H2,1-4H3,(H,19,22,24). The first-order valence-corrected chi connectivity index (χ1v) is 9.07. The number of hydrogen-bond acceptors (Lipinski definition) is 6. The van der Waals surface area contributed by atoms with Gasteiger partial charge >= 0.3 is 5.69 Å². The highest BCUT2D eigenvalue weighted by Gasteiger charge is 2.26. The maximum absolute atomic E-state index is 13.0. The van der Waals surface area contributed by atoms with Crippen LogP contribution in [-0.4, -0.2) is 35.7 Å². The molecule has 2 aromatic heterocycles. The number of nitrogen functional groups attached to an aromatic ring is 1. The van der Waals surface area contributed by atoms with E-state index in [9.17, 15) is 14.4 Å². The predicted octanol–water partition coefficient (Wildman–Crippen LogP) is 1.44. The van der Waals surface area contributed by atoms with Crippen LogP contribution in [0.15, 0.2) is 21.7 Å². The summed E-state index contributed by atoms with van der Waals surface area (Å²) in [5, 5.41) is 0. The second-order valence-electron chi connectivity index (χ2n) is 6.36. The Morgan fingerprint density at radius 3 is 2.62 bits per heavy atom. The van der Waals surface area contributed by atoms with Crippen LogP contribution in [0, 0.1) is 12.8 Å². The summed E-state index contributed by atoms with van der Waals surface area (Å²) in [6.45, 7) is 6.44. The fourth-order valence-corrected chi connectivity index (χ4v) is 3.38. The van der Waals surface area contributed by atoms with Gasteiger partial charge in [-0.25, -0.2) is 4.79 Å². The van der Waals surface area contributed by atoms with E-state index in [0.717, 1.165) is 4.88 Å². The molecule has 0 aromatic carbocycles. The summed E-state index contributed by atoms with van der Waals surface area (Å²) in [5.74, 6) is -0.242. The maximum Gasteiger partial charge on any atom is 0.330 e. The van der Waals surface area contributed by atoms with Crippen molar-refractivity contribution in [2.24, 2.45) is 5.92 Å². The molecule has 0 bridgehead atoms. The Bertz CT molecular complexity index is 897. The molecular weight excluding hydrogens is 356 g/mol. The van der Waals surface area contributed by atoms with E-state index in [-0.39, 0.29) is 36.5 Å². The molecule has 2 aromatic rings. The van der Waals surface area contributed by atoms with Crippen molar-refractivity contribution in [1.82, 2.24) is 9.55 Å². The summed E-state index contributed by atoms with van der Waals surface area (Å²) < 4.78 is 6.36. The number of hydrogen-bond donors (Lipinski definition) is 2. The monoisotopic (exact) mass is 380 g/mol. The Morgan fingerprint density at radius 1 is 1.38 bits per heavy atom. The Labute approximate surface area is 155 Å². The van der Waals surface area contributed by atoms with Crippen LogP contribution in [0.4, 0.5) is 11.5 Å². The van der Waals surface area contributed by atoms with Crippen molar-refractivity contribution in [3.63, 3.8) is 0 Å². The van der Waals surface area contributed by atoms with Gasteiger partial charge in [-0.3, -0.25) is 24.0 Å². The lowest BCUT2D eigenvalue weighted by Crippen LogP contribution is -2.42. The summed E-state index contributed by atoms with van der Waals surface area (Å²) in [7, 11) is 1.51. The minimum Gasteiger partial charge on any atom is -0.383 e. The number of aromatic nitrogens is 2. The van der Waals surface area contributed by atoms with Gasteiger partial charge in [-0.05, 0) is 25.0 Å². The van der Waals surface area contributed by atoms with Crippen LogP contribution >= 0.6 is 11.3 Å². The summed E-state index contributed by atoms with van der Waals surface area (Å²) in [6.07, 6.45) is 0. The molecule has 0 atom stereocenters. The van der Waals surface area contributed by atoms with Crippen molar-refractivity contribution >= 4 is 28.7 Å². The smallest absolute Gasteiger partial charge is 0.330 e. The molecule has 0 aliphatic heterocycles. The van der Waals surface area contributed by atoms with Gasteiger partial charge in [0.05, 0.1) is 11.5 Å². The van der Waals surface area contributed by atoms with Crippen LogP contribution in [0.25, 0.3) is 0 Å². The number of H-pyrrole nitrogens is 1. The zero-order chi connectivity index (χ0) is 19.4. The number of carbonyl (C=O) groups is 1. The number of aryl methyl sites for hydroxylation is 1. The number of rotatable bonds is 7. The van der Waals surface area contributed by atoms with Crippen molar-refractivity contribution in [3.05, 3.63) is 42.7 Å². The van der Waals surface area contributed by atoms with Crippen LogP contribution in [0.3, 0.4) is 0 Å². The molecule has 8 nitrogen and oxygen atoms in total. The van der Waals surface area contributed by atoms with Crippen LogP contribution in [-0.2, 0) is 11.3 Å². The van der Waals surface area contributed by atoms with Gasteiger partial charge in [0.1, 0.15) is 5.82 Å². The van der Waals surface area contributed by atoms with E-state index in [4.69, 9.17) is 10.5 Å². The van der Waals surface area contributed by atoms with E-state index in [0.29, 0.717) is 11.4 Å². The largest absolute Gasteiger partial charge is 0.383 e. The van der Waals surface area contributed by atoms with Crippen molar-refractivity contribution in [2.45, 2.75) is 27.3 Å². The van der Waals surface area contributed by atoms with E-state index in [1.165, 1.54) is 27.9 Å². The first-order valence-electron chi connectivity index (χ1n) is 8.26. The third-order valence-corrected chi connectivity index (χ3v) is 4.74. The van der Waals surface area contributed by atoms with Gasteiger partial charge in [-0.2, -0.15) is 0 Å². The summed E-state index contributed by atoms with van der Waals surface area (Å²) in [5.41, 5.74) is 4.83. The Balaban J connectivity index is 2.59. The molecule has 1 amide bonds. The van der Waals surface area contributed by atoms with E-state index in [2.05, 4.69) is 4.98 Å². The lowest BCUT2D eigenvalue weighted by molar-refractivity contribution is 0.0979. The minimum absolute atomic E-state index is 0.0230. The van der Waals surface area contributed by atoms with E-state index >= 15 is 0 Å². The fraction of sp³-hybridized carbons (Fsp3) is 0.471. The molecule has 0 unspecified atom stereocenters. The van der Waals surface area contributed by atoms with E-state index in [1.54, 1.807) is 6.07 Å². The Morgan fingerprint density at radius 2 is 2.08 bits per heavy atom. The number of thiophene rings is 1. The molecule has 0 aliphatic rings. The molecular formula is C17H24N4O4S. The second-order valence-corrected chi connectivity index (χ2v) is 7.65. The number of methoxy groups -OCH3 is 1. The highest BCUT2D eigenvalue weighted by atomic mass is 32.1. The molecule has 26 heavy (non-hydrogen) atoms. The molecule has 3 N–H and O–H groups in total. The van der Waals surface area contributed by atoms with Crippen LogP contribution in [0.5, 0.6) is 0 Å². The molecule has 9 heteroatoms. The number of aromatic amines is 1. The molecule has 0 spiro atoms. The average Bonchev–Trinajstić information content (AvgIpc) is 3.00. The fourth-order valence-electron chi connectivity index (χ4n) is 2.56. The third kappa shape index (κ3) is 4.23. The summed E-state index contributed by atoms with van der Waals surface area (Å²) >= 11 is 1.33. The van der Waals surface area contributed by atoms with Gasteiger partial charge in [0.2, 0.25) is 0 Å². The summed E-state index contributed by atoms with van der Waals surface area (Å²) in [6, 6.07) is 3.54. The van der Waals surface area contributed by atoms with Crippen molar-refractivity contribution in [2.75, 3.05) is 30.9 Å². The molecule has 0 saturated heterocycles. The highest BCUT2D eigenvalue weighted by Crippen LogP contribution is 2.23. The maximum atomic E-state index is 13.0. The van der Waals surface area contributed by atoms with Crippen molar-refractivity contribution in [3.8, 4) is 0 Å².